The van der Waals surface area contributed by atoms with Gasteiger partial charge in [-0.15, -0.1) is 0 Å². The van der Waals surface area contributed by atoms with Crippen LogP contribution in [0.2, 0.25) is 0 Å². The minimum atomic E-state index is -3.60. The molecule has 4 rings (SSSR count). The number of piperidine rings is 1. The zero-order valence-corrected chi connectivity index (χ0v) is 16.3. The fourth-order valence-corrected chi connectivity index (χ4v) is 4.98. The first kappa shape index (κ1) is 18.9. The van der Waals surface area contributed by atoms with Crippen LogP contribution >= 0.6 is 0 Å². The van der Waals surface area contributed by atoms with Crippen molar-refractivity contribution in [2.75, 3.05) is 13.1 Å². The lowest BCUT2D eigenvalue weighted by Crippen LogP contribution is -2.44. The summed E-state index contributed by atoms with van der Waals surface area (Å²) in [5.74, 6) is 0. The molecule has 0 bridgehead atoms. The fourth-order valence-electron chi connectivity index (χ4n) is 3.64. The third-order valence-corrected chi connectivity index (χ3v) is 6.68. The van der Waals surface area contributed by atoms with Gasteiger partial charge in [0.2, 0.25) is 15.6 Å². The topological polar surface area (TPSA) is 82.3 Å². The van der Waals surface area contributed by atoms with Gasteiger partial charge in [-0.25, -0.2) is 13.1 Å². The van der Waals surface area contributed by atoms with Gasteiger partial charge in [-0.1, -0.05) is 30.3 Å². The number of aromatic nitrogens is 1. The van der Waals surface area contributed by atoms with Crippen molar-refractivity contribution in [3.8, 4) is 0 Å². The van der Waals surface area contributed by atoms with Crippen LogP contribution in [0.25, 0.3) is 10.9 Å². The van der Waals surface area contributed by atoms with Crippen LogP contribution in [0.5, 0.6) is 0 Å². The molecule has 2 N–H and O–H groups in total. The molecule has 1 aliphatic heterocycles. The van der Waals surface area contributed by atoms with Gasteiger partial charge in [0.05, 0.1) is 4.90 Å². The lowest BCUT2D eigenvalue weighted by molar-refractivity contribution is 0.200. The van der Waals surface area contributed by atoms with E-state index in [0.29, 0.717) is 10.9 Å². The van der Waals surface area contributed by atoms with Crippen LogP contribution < -0.4 is 10.3 Å². The van der Waals surface area contributed by atoms with Crippen molar-refractivity contribution in [3.63, 3.8) is 0 Å². The number of hydrogen-bond donors (Lipinski definition) is 2. The number of nitrogens with one attached hydrogen (secondary N) is 2. The monoisotopic (exact) mass is 397 g/mol. The zero-order chi connectivity index (χ0) is 19.6. The second-order valence-corrected chi connectivity index (χ2v) is 8.94. The Morgan fingerprint density at radius 2 is 1.75 bits per heavy atom. The number of sulfonamides is 1. The van der Waals surface area contributed by atoms with Gasteiger partial charge >= 0.3 is 0 Å². The molecule has 7 heteroatoms. The summed E-state index contributed by atoms with van der Waals surface area (Å²) in [7, 11) is -3.60. The third kappa shape index (κ3) is 4.32. The first-order chi connectivity index (χ1) is 13.5. The molecule has 1 fully saturated rings. The van der Waals surface area contributed by atoms with E-state index in [2.05, 4.69) is 26.7 Å². The molecule has 1 aliphatic rings. The first-order valence-corrected chi connectivity index (χ1v) is 10.9. The van der Waals surface area contributed by atoms with Crippen LogP contribution in [0.3, 0.4) is 0 Å². The van der Waals surface area contributed by atoms with E-state index in [1.54, 1.807) is 18.2 Å². The lowest BCUT2D eigenvalue weighted by atomic mass is 10.1. The molecule has 146 valence electrons. The van der Waals surface area contributed by atoms with E-state index in [1.807, 2.05) is 18.2 Å². The molecule has 2 aromatic carbocycles. The van der Waals surface area contributed by atoms with E-state index in [-0.39, 0.29) is 16.5 Å². The maximum absolute atomic E-state index is 12.8. The number of nitrogens with zero attached hydrogens (tertiary/aromatic N) is 1. The number of aromatic amines is 1. The first-order valence-electron chi connectivity index (χ1n) is 9.41. The van der Waals surface area contributed by atoms with Gasteiger partial charge in [0, 0.05) is 37.3 Å². The largest absolute Gasteiger partial charge is 0.322 e. The molecular weight excluding hydrogens is 374 g/mol. The second-order valence-electron chi connectivity index (χ2n) is 7.23. The van der Waals surface area contributed by atoms with Crippen molar-refractivity contribution in [3.05, 3.63) is 76.6 Å². The molecule has 1 aromatic heterocycles. The van der Waals surface area contributed by atoms with Gasteiger partial charge in [-0.2, -0.15) is 0 Å². The van der Waals surface area contributed by atoms with Crippen molar-refractivity contribution in [1.29, 1.82) is 0 Å². The highest BCUT2D eigenvalue weighted by atomic mass is 32.2. The average molecular weight is 398 g/mol. The molecule has 6 nitrogen and oxygen atoms in total. The highest BCUT2D eigenvalue weighted by Crippen LogP contribution is 2.19. The summed E-state index contributed by atoms with van der Waals surface area (Å²) in [5, 5.41) is 0.695. The van der Waals surface area contributed by atoms with Gasteiger partial charge in [0.15, 0.2) is 0 Å². The molecule has 0 saturated carbocycles. The predicted octanol–water partition coefficient (Wildman–Crippen LogP) is 2.47. The van der Waals surface area contributed by atoms with Crippen LogP contribution in [-0.2, 0) is 16.6 Å². The van der Waals surface area contributed by atoms with E-state index in [4.69, 9.17) is 0 Å². The van der Waals surface area contributed by atoms with Crippen molar-refractivity contribution >= 4 is 20.9 Å². The zero-order valence-electron chi connectivity index (χ0n) is 15.5. The molecule has 0 unspecified atom stereocenters. The summed E-state index contributed by atoms with van der Waals surface area (Å²) in [6.45, 7) is 2.62. The Bertz CT molecular complexity index is 1120. The van der Waals surface area contributed by atoms with E-state index >= 15 is 0 Å². The number of likely N-dealkylation sites (tertiary alicyclic amines) is 1. The van der Waals surface area contributed by atoms with E-state index in [9.17, 15) is 13.2 Å². The van der Waals surface area contributed by atoms with E-state index in [0.717, 1.165) is 32.5 Å². The molecule has 0 radical (unpaired) electrons. The number of pyridine rings is 1. The minimum absolute atomic E-state index is 0.0664. The Morgan fingerprint density at radius 3 is 2.50 bits per heavy atom. The van der Waals surface area contributed by atoms with Gasteiger partial charge < -0.3 is 4.98 Å². The molecular formula is C21H23N3O3S. The van der Waals surface area contributed by atoms with Crippen LogP contribution in [-0.4, -0.2) is 37.4 Å². The Labute approximate surface area is 164 Å². The van der Waals surface area contributed by atoms with E-state index < -0.39 is 10.0 Å². The van der Waals surface area contributed by atoms with Crippen LogP contribution in [0.4, 0.5) is 0 Å². The summed E-state index contributed by atoms with van der Waals surface area (Å²) < 4.78 is 28.4. The van der Waals surface area contributed by atoms with Gasteiger partial charge in [-0.05, 0) is 48.1 Å². The molecule has 3 aromatic rings. The van der Waals surface area contributed by atoms with E-state index in [1.165, 1.54) is 17.7 Å². The highest BCUT2D eigenvalue weighted by Gasteiger charge is 2.24. The average Bonchev–Trinajstić information content (AvgIpc) is 2.69. The second kappa shape index (κ2) is 7.87. The maximum Gasteiger partial charge on any atom is 0.248 e. The summed E-state index contributed by atoms with van der Waals surface area (Å²) in [5.41, 5.74) is 1.69. The Morgan fingerprint density at radius 1 is 1.00 bits per heavy atom. The minimum Gasteiger partial charge on any atom is -0.322 e. The smallest absolute Gasteiger partial charge is 0.248 e. The number of hydrogen-bond acceptors (Lipinski definition) is 4. The fraction of sp³-hybridized carbons (Fsp3) is 0.286. The standard InChI is InChI=1S/C21H23N3O3S/c25-21-9-6-17-14-19(7-8-20(17)22-21)28(26,27)23-18-10-12-24(13-11-18)15-16-4-2-1-3-5-16/h1-9,14,18,23H,10-13,15H2,(H,22,25). The Hall–Kier alpha value is -2.48. The van der Waals surface area contributed by atoms with Crippen molar-refractivity contribution in [2.24, 2.45) is 0 Å². The Kier molecular flexibility index (Phi) is 5.30. The van der Waals surface area contributed by atoms with Gasteiger partial charge in [0.1, 0.15) is 0 Å². The summed E-state index contributed by atoms with van der Waals surface area (Å²) in [6, 6.07) is 18.0. The highest BCUT2D eigenvalue weighted by molar-refractivity contribution is 7.89. The SMILES string of the molecule is O=c1ccc2cc(S(=O)(=O)NC3CCN(Cc4ccccc4)CC3)ccc2[nH]1. The van der Waals surface area contributed by atoms with Crippen LogP contribution in [0.15, 0.2) is 70.4 Å². The lowest BCUT2D eigenvalue weighted by Gasteiger charge is -2.32. The molecule has 0 amide bonds. The van der Waals surface area contributed by atoms with Gasteiger partial charge in [0.25, 0.3) is 0 Å². The quantitative estimate of drug-likeness (QED) is 0.693. The molecule has 0 spiro atoms. The number of benzene rings is 2. The van der Waals surface area contributed by atoms with Crippen LogP contribution in [0.1, 0.15) is 18.4 Å². The normalized spacial score (nSPS) is 16.4. The molecule has 28 heavy (non-hydrogen) atoms. The number of H-pyrrole nitrogens is 1. The predicted molar refractivity (Wildman–Crippen MR) is 110 cm³/mol. The third-order valence-electron chi connectivity index (χ3n) is 5.16. The molecule has 0 atom stereocenters. The number of rotatable bonds is 5. The molecule has 0 aliphatic carbocycles. The maximum atomic E-state index is 12.8. The summed E-state index contributed by atoms with van der Waals surface area (Å²) >= 11 is 0. The number of fused-ring (bicyclic) bond motifs is 1. The van der Waals surface area contributed by atoms with Crippen LogP contribution in [0, 0.1) is 0 Å². The summed E-state index contributed by atoms with van der Waals surface area (Å²) in [6.07, 6.45) is 1.57. The molecule has 2 heterocycles. The van der Waals surface area contributed by atoms with Gasteiger partial charge in [-0.3, -0.25) is 9.69 Å². The van der Waals surface area contributed by atoms with Crippen molar-refractivity contribution in [1.82, 2.24) is 14.6 Å². The van der Waals surface area contributed by atoms with Crippen molar-refractivity contribution < 1.29 is 8.42 Å². The Balaban J connectivity index is 1.40. The summed E-state index contributed by atoms with van der Waals surface area (Å²) in [4.78, 5) is 16.7. The molecule has 1 saturated heterocycles. The van der Waals surface area contributed by atoms with Crippen molar-refractivity contribution in [2.45, 2.75) is 30.3 Å².